The number of nitrogens with two attached hydrogens (primary N) is 1. The van der Waals surface area contributed by atoms with E-state index < -0.39 is 16.6 Å². The Bertz CT molecular complexity index is 1420. The lowest BCUT2D eigenvalue weighted by molar-refractivity contribution is 0.181. The monoisotopic (exact) mass is 548 g/mol. The molecule has 12 radical (unpaired) electrons. The largest absolute Gasteiger partial charge is 0.398 e. The highest BCUT2D eigenvalue weighted by Gasteiger charge is 2.49. The summed E-state index contributed by atoms with van der Waals surface area (Å²) >= 11 is 0. The van der Waals surface area contributed by atoms with Crippen molar-refractivity contribution in [2.75, 3.05) is 23.7 Å². The predicted molar refractivity (Wildman–Crippen MR) is 168 cm³/mol. The van der Waals surface area contributed by atoms with Crippen molar-refractivity contribution in [2.24, 2.45) is 0 Å². The lowest BCUT2D eigenvalue weighted by atomic mass is 9.40. The van der Waals surface area contributed by atoms with E-state index in [2.05, 4.69) is 11.0 Å². The van der Waals surface area contributed by atoms with Gasteiger partial charge in [0.2, 0.25) is 0 Å². The summed E-state index contributed by atoms with van der Waals surface area (Å²) < 4.78 is 14.5. The fourth-order valence-electron chi connectivity index (χ4n) is 8.46. The third kappa shape index (κ3) is 5.00. The number of rotatable bonds is 6. The third-order valence-corrected chi connectivity index (χ3v) is 10.1. The summed E-state index contributed by atoms with van der Waals surface area (Å²) in [5, 5.41) is 6.09. The molecule has 0 amide bonds. The summed E-state index contributed by atoms with van der Waals surface area (Å²) in [4.78, 5) is 13.4. The topological polar surface area (TPSA) is 82.1 Å². The first-order valence-corrected chi connectivity index (χ1v) is 14.9. The minimum absolute atomic E-state index is 0.194. The molecule has 6 nitrogen and oxygen atoms in total. The zero-order valence-electron chi connectivity index (χ0n) is 24.1. The van der Waals surface area contributed by atoms with Crippen molar-refractivity contribution in [3.8, 4) is 6.07 Å². The van der Waals surface area contributed by atoms with Crippen LogP contribution in [0, 0.1) is 11.3 Å². The van der Waals surface area contributed by atoms with Crippen LogP contribution in [0.3, 0.4) is 0 Å². The maximum Gasteiger partial charge on any atom is 0.132 e. The normalized spacial score (nSPS) is 27.3. The Balaban J connectivity index is 1.45. The van der Waals surface area contributed by atoms with Crippen molar-refractivity contribution in [1.29, 1.82) is 5.26 Å². The van der Waals surface area contributed by atoms with Gasteiger partial charge in [-0.3, -0.25) is 4.90 Å². The van der Waals surface area contributed by atoms with Crippen LogP contribution in [0.1, 0.15) is 78.7 Å². The minimum atomic E-state index is -2.01. The highest BCUT2D eigenvalue weighted by atomic mass is 19.1. The van der Waals surface area contributed by atoms with E-state index in [4.69, 9.17) is 62.8 Å². The number of nitrogens with zero attached hydrogens (tertiary/aromatic N) is 5. The van der Waals surface area contributed by atoms with Crippen LogP contribution in [0.15, 0.2) is 12.1 Å². The van der Waals surface area contributed by atoms with Gasteiger partial charge in [0.1, 0.15) is 23.9 Å². The number of alkyl halides is 1. The fourth-order valence-corrected chi connectivity index (χ4v) is 8.46. The molecule has 4 aliphatic rings. The van der Waals surface area contributed by atoms with Crippen molar-refractivity contribution in [3.05, 3.63) is 45.9 Å². The Labute approximate surface area is 256 Å². The van der Waals surface area contributed by atoms with Gasteiger partial charge in [-0.05, 0) is 87.9 Å². The Hall–Kier alpha value is -2.33. The van der Waals surface area contributed by atoms with Gasteiger partial charge in [0.05, 0.1) is 58.3 Å². The lowest BCUT2D eigenvalue weighted by Gasteiger charge is -2.51. The number of halogens is 1. The number of nitriles is 1. The summed E-state index contributed by atoms with van der Waals surface area (Å²) in [7, 11) is 37.1. The summed E-state index contributed by atoms with van der Waals surface area (Å²) in [6.07, 6.45) is 7.54. The van der Waals surface area contributed by atoms with Gasteiger partial charge in [-0.15, -0.1) is 0 Å². The molecule has 42 heavy (non-hydrogen) atoms. The molecule has 3 heterocycles. The number of hydrogen-bond acceptors (Lipinski definition) is 6. The van der Waals surface area contributed by atoms with Gasteiger partial charge in [0.15, 0.2) is 0 Å². The van der Waals surface area contributed by atoms with E-state index in [0.717, 1.165) is 72.4 Å². The zero-order valence-corrected chi connectivity index (χ0v) is 24.1. The summed E-state index contributed by atoms with van der Waals surface area (Å²) in [5.74, 6) is 0.858. The first-order chi connectivity index (χ1) is 19.8. The quantitative estimate of drug-likeness (QED) is 0.433. The molecular weight excluding hydrogens is 516 g/mol. The first-order valence-electron chi connectivity index (χ1n) is 14.9. The second kappa shape index (κ2) is 10.4. The van der Waals surface area contributed by atoms with Crippen LogP contribution in [0.25, 0.3) is 0 Å². The molecule has 13 heteroatoms. The van der Waals surface area contributed by atoms with Gasteiger partial charge < -0.3 is 10.6 Å². The molecule has 1 aromatic heterocycles. The van der Waals surface area contributed by atoms with E-state index >= 15 is 0 Å². The fraction of sp³-hybridized carbons (Fsp3) is 0.621. The Morgan fingerprint density at radius 1 is 1.07 bits per heavy atom. The molecule has 202 valence electrons. The van der Waals surface area contributed by atoms with Crippen LogP contribution >= 0.6 is 0 Å². The van der Waals surface area contributed by atoms with Gasteiger partial charge in [0.25, 0.3) is 0 Å². The van der Waals surface area contributed by atoms with Crippen LogP contribution in [-0.2, 0) is 31.1 Å². The average Bonchev–Trinajstić information content (AvgIpc) is 3.42. The number of hydrogen-bond donors (Lipinski definition) is 1. The maximum absolute atomic E-state index is 14.5. The molecule has 6 rings (SSSR count). The van der Waals surface area contributed by atoms with Crippen LogP contribution in [-0.4, -0.2) is 97.2 Å². The number of nitrogen functional groups attached to an aromatic ring is 1. The molecule has 3 unspecified atom stereocenters. The molecule has 2 aromatic rings. The molecule has 0 saturated carbocycles. The Morgan fingerprint density at radius 2 is 1.83 bits per heavy atom. The molecular formula is C29H31B6FN6. The average molecular weight is 547 g/mol. The van der Waals surface area contributed by atoms with Crippen LogP contribution in [0.5, 0.6) is 0 Å². The van der Waals surface area contributed by atoms with Crippen molar-refractivity contribution >= 4 is 58.6 Å². The number of aryl methyl sites for hydroxylation is 2. The van der Waals surface area contributed by atoms with Crippen molar-refractivity contribution < 1.29 is 4.39 Å². The molecule has 2 N–H and O–H groups in total. The van der Waals surface area contributed by atoms with Crippen LogP contribution in [0.2, 0.25) is 0 Å². The van der Waals surface area contributed by atoms with E-state index in [9.17, 15) is 9.65 Å². The van der Waals surface area contributed by atoms with Gasteiger partial charge in [-0.25, -0.2) is 14.4 Å². The van der Waals surface area contributed by atoms with E-state index in [1.54, 1.807) is 0 Å². The molecule has 1 spiro atoms. The van der Waals surface area contributed by atoms with E-state index in [1.807, 2.05) is 12.1 Å². The highest BCUT2D eigenvalue weighted by molar-refractivity contribution is 6.66. The van der Waals surface area contributed by atoms with E-state index in [0.29, 0.717) is 61.5 Å². The van der Waals surface area contributed by atoms with Gasteiger partial charge in [-0.1, -0.05) is 16.5 Å². The molecule has 2 aliphatic carbocycles. The number of anilines is 2. The van der Waals surface area contributed by atoms with Gasteiger partial charge in [-0.2, -0.15) is 5.26 Å². The smallest absolute Gasteiger partial charge is 0.132 e. The molecule has 2 fully saturated rings. The van der Waals surface area contributed by atoms with E-state index in [-0.39, 0.29) is 11.0 Å². The minimum Gasteiger partial charge on any atom is -0.398 e. The standard InChI is InChI=1S/C29H31B6FN6/c30-28(31,32)42(29(33,34)35)25-19-6-10-26(8-1-3-17-4-5-21(38)20(15-37)24(17)26)14-22(19)39-23(40-25)7-11-27-9-2-12-41(27)16-18(36)13-27/h4-5,18H,1-3,6-14,16,38H2. The maximum atomic E-state index is 14.5. The SMILES string of the molecule is [B]C([B])([B])N(c1nc(CCC23CCCN2CC(F)C3)nc2c1CCC1(CCCc3ccc(N)c(C#N)c31)C2)C([B])([B])[B]. The van der Waals surface area contributed by atoms with Crippen molar-refractivity contribution in [2.45, 2.75) is 98.2 Å². The zero-order chi connectivity index (χ0) is 30.1. The summed E-state index contributed by atoms with van der Waals surface area (Å²) in [5.41, 5.74) is 10.6. The lowest BCUT2D eigenvalue weighted by Crippen LogP contribution is -2.65. The molecule has 3 atom stereocenters. The van der Waals surface area contributed by atoms with E-state index in [1.165, 1.54) is 0 Å². The molecule has 1 aromatic carbocycles. The third-order valence-electron chi connectivity index (χ3n) is 10.1. The summed E-state index contributed by atoms with van der Waals surface area (Å²) in [6.45, 7) is 1.38. The number of aromatic nitrogens is 2. The second-order valence-electron chi connectivity index (χ2n) is 13.1. The molecule has 2 saturated heterocycles. The highest BCUT2D eigenvalue weighted by Crippen LogP contribution is 2.50. The Kier molecular flexibility index (Phi) is 7.35. The molecule has 2 aliphatic heterocycles. The van der Waals surface area contributed by atoms with Crippen LogP contribution in [0.4, 0.5) is 15.9 Å². The van der Waals surface area contributed by atoms with Crippen molar-refractivity contribution in [3.63, 3.8) is 0 Å². The molecule has 0 bridgehead atoms. The van der Waals surface area contributed by atoms with Gasteiger partial charge >= 0.3 is 0 Å². The van der Waals surface area contributed by atoms with Crippen molar-refractivity contribution in [1.82, 2.24) is 14.9 Å². The Morgan fingerprint density at radius 3 is 2.55 bits per heavy atom. The first kappa shape index (κ1) is 29.7. The van der Waals surface area contributed by atoms with Gasteiger partial charge in [0, 0.05) is 35.2 Å². The predicted octanol–water partition coefficient (Wildman–Crippen LogP) is 1.24. The second-order valence-corrected chi connectivity index (χ2v) is 13.1. The summed E-state index contributed by atoms with van der Waals surface area (Å²) in [6, 6.07) is 6.25. The number of benzene rings is 1. The number of fused-ring (bicyclic) bond motifs is 4. The van der Waals surface area contributed by atoms with Crippen LogP contribution < -0.4 is 10.6 Å².